The molecule has 1 aromatic rings. The molecule has 1 aromatic carbocycles. The molecule has 0 aliphatic rings. The van der Waals surface area contributed by atoms with Gasteiger partial charge in [-0.05, 0) is 44.0 Å². The molecule has 0 aromatic heterocycles. The Balaban J connectivity index is 2.66. The molecule has 1 rings (SSSR count). The maximum absolute atomic E-state index is 5.62. The van der Waals surface area contributed by atoms with Crippen molar-refractivity contribution >= 4 is 5.69 Å². The summed E-state index contributed by atoms with van der Waals surface area (Å²) < 4.78 is 0. The van der Waals surface area contributed by atoms with Gasteiger partial charge >= 0.3 is 0 Å². The summed E-state index contributed by atoms with van der Waals surface area (Å²) in [5, 5.41) is 0. The van der Waals surface area contributed by atoms with Crippen molar-refractivity contribution in [1.29, 1.82) is 0 Å². The average molecular weight is 202 g/mol. The second kappa shape index (κ2) is 5.25. The number of anilines is 1. The largest absolute Gasteiger partial charge is 0.402 e. The van der Waals surface area contributed by atoms with Gasteiger partial charge in [-0.3, -0.25) is 0 Å². The Hall–Kier alpha value is -1.70. The minimum absolute atomic E-state index is 0.804. The van der Waals surface area contributed by atoms with Crippen LogP contribution < -0.4 is 11.5 Å². The van der Waals surface area contributed by atoms with Crippen LogP contribution in [0.4, 0.5) is 5.69 Å². The van der Waals surface area contributed by atoms with Gasteiger partial charge in [0.25, 0.3) is 0 Å². The summed E-state index contributed by atoms with van der Waals surface area (Å²) >= 11 is 0. The van der Waals surface area contributed by atoms with Crippen molar-refractivity contribution in [2.24, 2.45) is 5.73 Å². The predicted octanol–water partition coefficient (Wildman–Crippen LogP) is 2.62. The Kier molecular flexibility index (Phi) is 3.98. The minimum atomic E-state index is 0.804. The van der Waals surface area contributed by atoms with Gasteiger partial charge in [-0.2, -0.15) is 0 Å². The lowest BCUT2D eigenvalue weighted by atomic mass is 10.1. The highest BCUT2D eigenvalue weighted by Gasteiger charge is 1.93. The molecule has 15 heavy (non-hydrogen) atoms. The van der Waals surface area contributed by atoms with Gasteiger partial charge in [0.2, 0.25) is 0 Å². The lowest BCUT2D eigenvalue weighted by Crippen LogP contribution is -1.91. The van der Waals surface area contributed by atoms with Crippen molar-refractivity contribution in [3.05, 3.63) is 53.3 Å². The van der Waals surface area contributed by atoms with E-state index < -0.39 is 0 Å². The van der Waals surface area contributed by atoms with E-state index in [1.54, 1.807) is 0 Å². The summed E-state index contributed by atoms with van der Waals surface area (Å²) in [4.78, 5) is 0. The zero-order valence-electron chi connectivity index (χ0n) is 9.33. The normalized spacial score (nSPS) is 12.9. The summed E-state index contributed by atoms with van der Waals surface area (Å²) in [5.74, 6) is 0. The molecule has 0 amide bonds. The fraction of sp³-hybridized carbons (Fsp3) is 0.231. The maximum atomic E-state index is 5.62. The zero-order valence-corrected chi connectivity index (χ0v) is 9.33. The number of hydrogen-bond donors (Lipinski definition) is 2. The number of hydrogen-bond acceptors (Lipinski definition) is 2. The van der Waals surface area contributed by atoms with Gasteiger partial charge in [-0.1, -0.05) is 23.8 Å². The lowest BCUT2D eigenvalue weighted by molar-refractivity contribution is 1.14. The molecule has 2 heteroatoms. The van der Waals surface area contributed by atoms with E-state index in [2.05, 4.69) is 6.92 Å². The lowest BCUT2D eigenvalue weighted by Gasteiger charge is -2.01. The molecule has 2 nitrogen and oxygen atoms in total. The van der Waals surface area contributed by atoms with Crippen LogP contribution >= 0.6 is 0 Å². The zero-order chi connectivity index (χ0) is 11.3. The molecule has 80 valence electrons. The Labute approximate surface area is 91.3 Å². The van der Waals surface area contributed by atoms with Gasteiger partial charge in [0.15, 0.2) is 0 Å². The van der Waals surface area contributed by atoms with Gasteiger partial charge in [0, 0.05) is 11.4 Å². The van der Waals surface area contributed by atoms with Crippen molar-refractivity contribution < 1.29 is 0 Å². The molecule has 4 N–H and O–H groups in total. The van der Waals surface area contributed by atoms with Crippen LogP contribution in [-0.4, -0.2) is 0 Å². The third kappa shape index (κ3) is 4.36. The number of benzene rings is 1. The molecule has 0 aliphatic heterocycles. The smallest absolute Gasteiger partial charge is 0.0314 e. The van der Waals surface area contributed by atoms with Gasteiger partial charge in [-0.15, -0.1) is 0 Å². The van der Waals surface area contributed by atoms with E-state index in [0.717, 1.165) is 17.8 Å². The van der Waals surface area contributed by atoms with Crippen molar-refractivity contribution in [3.63, 3.8) is 0 Å². The molecule has 0 radical (unpaired) electrons. The van der Waals surface area contributed by atoms with Gasteiger partial charge in [0.05, 0.1) is 0 Å². The van der Waals surface area contributed by atoms with E-state index >= 15 is 0 Å². The molecule has 0 unspecified atom stereocenters. The fourth-order valence-electron chi connectivity index (χ4n) is 1.29. The molecule has 0 saturated carbocycles. The number of rotatable bonds is 3. The molecule has 0 spiro atoms. The maximum Gasteiger partial charge on any atom is 0.0314 e. The first-order valence-electron chi connectivity index (χ1n) is 5.02. The van der Waals surface area contributed by atoms with Crippen LogP contribution in [-0.2, 0) is 6.42 Å². The van der Waals surface area contributed by atoms with Gasteiger partial charge in [0.1, 0.15) is 0 Å². The highest BCUT2D eigenvalue weighted by molar-refractivity contribution is 5.40. The third-order valence-corrected chi connectivity index (χ3v) is 2.09. The van der Waals surface area contributed by atoms with Crippen LogP contribution in [0.15, 0.2) is 47.7 Å². The summed E-state index contributed by atoms with van der Waals surface area (Å²) in [7, 11) is 0. The quantitative estimate of drug-likeness (QED) is 0.584. The van der Waals surface area contributed by atoms with E-state index in [-0.39, 0.29) is 0 Å². The van der Waals surface area contributed by atoms with Crippen LogP contribution in [0.2, 0.25) is 0 Å². The van der Waals surface area contributed by atoms with Crippen molar-refractivity contribution in [1.82, 2.24) is 0 Å². The first kappa shape index (κ1) is 11.4. The molecule has 0 fully saturated rings. The third-order valence-electron chi connectivity index (χ3n) is 2.09. The van der Waals surface area contributed by atoms with E-state index in [1.807, 2.05) is 43.3 Å². The predicted molar refractivity (Wildman–Crippen MR) is 66.3 cm³/mol. The second-order valence-corrected chi connectivity index (χ2v) is 3.84. The summed E-state index contributed by atoms with van der Waals surface area (Å²) in [5.41, 5.74) is 15.3. The highest BCUT2D eigenvalue weighted by atomic mass is 14.5. The van der Waals surface area contributed by atoms with E-state index in [1.165, 1.54) is 11.1 Å². The van der Waals surface area contributed by atoms with E-state index in [4.69, 9.17) is 11.5 Å². The van der Waals surface area contributed by atoms with Crippen LogP contribution in [0.1, 0.15) is 19.4 Å². The number of nitrogens with two attached hydrogens (primary N) is 2. The van der Waals surface area contributed by atoms with Crippen LogP contribution in [0.5, 0.6) is 0 Å². The first-order valence-corrected chi connectivity index (χ1v) is 5.02. The van der Waals surface area contributed by atoms with E-state index in [9.17, 15) is 0 Å². The SMILES string of the molecule is C/C(N)=C\C=C(/C)Cc1ccc(N)cc1. The molecular weight excluding hydrogens is 184 g/mol. The van der Waals surface area contributed by atoms with Crippen LogP contribution in [0, 0.1) is 0 Å². The Morgan fingerprint density at radius 2 is 1.73 bits per heavy atom. The molecule has 0 saturated heterocycles. The second-order valence-electron chi connectivity index (χ2n) is 3.84. The Bertz CT molecular complexity index is 368. The van der Waals surface area contributed by atoms with Gasteiger partial charge in [-0.25, -0.2) is 0 Å². The van der Waals surface area contributed by atoms with E-state index in [0.29, 0.717) is 0 Å². The Morgan fingerprint density at radius 1 is 1.13 bits per heavy atom. The molecule has 0 bridgehead atoms. The molecule has 0 atom stereocenters. The van der Waals surface area contributed by atoms with Crippen LogP contribution in [0.3, 0.4) is 0 Å². The molecule has 0 heterocycles. The fourth-order valence-corrected chi connectivity index (χ4v) is 1.29. The Morgan fingerprint density at radius 3 is 2.27 bits per heavy atom. The number of allylic oxidation sites excluding steroid dienone is 4. The minimum Gasteiger partial charge on any atom is -0.402 e. The summed E-state index contributed by atoms with van der Waals surface area (Å²) in [6.45, 7) is 3.97. The topological polar surface area (TPSA) is 52.0 Å². The molecule has 0 aliphatic carbocycles. The summed E-state index contributed by atoms with van der Waals surface area (Å²) in [6.07, 6.45) is 4.91. The highest BCUT2D eigenvalue weighted by Crippen LogP contribution is 2.10. The standard InChI is InChI=1S/C13H18N2/c1-10(3-4-11(2)14)9-12-5-7-13(15)8-6-12/h3-8H,9,14-15H2,1-2H3/b10-3+,11-4+. The van der Waals surface area contributed by atoms with Crippen molar-refractivity contribution in [3.8, 4) is 0 Å². The summed E-state index contributed by atoms with van der Waals surface area (Å²) in [6, 6.07) is 7.94. The average Bonchev–Trinajstić information content (AvgIpc) is 2.19. The van der Waals surface area contributed by atoms with Gasteiger partial charge < -0.3 is 11.5 Å². The van der Waals surface area contributed by atoms with Crippen LogP contribution in [0.25, 0.3) is 0 Å². The number of nitrogen functional groups attached to an aromatic ring is 1. The van der Waals surface area contributed by atoms with Crippen molar-refractivity contribution in [2.45, 2.75) is 20.3 Å². The first-order chi connectivity index (χ1) is 7.08. The molecular formula is C13H18N2. The van der Waals surface area contributed by atoms with Crippen molar-refractivity contribution in [2.75, 3.05) is 5.73 Å². The monoisotopic (exact) mass is 202 g/mol.